The Morgan fingerprint density at radius 1 is 1.26 bits per heavy atom. The number of hydrogen-bond donors (Lipinski definition) is 1. The average Bonchev–Trinajstić information content (AvgIpc) is 3.21. The van der Waals surface area contributed by atoms with Crippen LogP contribution in [-0.2, 0) is 21.2 Å². The van der Waals surface area contributed by atoms with Crippen LogP contribution in [0.25, 0.3) is 0 Å². The fourth-order valence-electron chi connectivity index (χ4n) is 3.41. The van der Waals surface area contributed by atoms with Gasteiger partial charge >= 0.3 is 0 Å². The van der Waals surface area contributed by atoms with Gasteiger partial charge in [-0.2, -0.15) is 4.31 Å². The van der Waals surface area contributed by atoms with E-state index < -0.39 is 10.0 Å². The second-order valence-electron chi connectivity index (χ2n) is 7.93. The Morgan fingerprint density at radius 2 is 1.97 bits per heavy atom. The van der Waals surface area contributed by atoms with Gasteiger partial charge in [0.2, 0.25) is 10.0 Å². The minimum absolute atomic E-state index is 0. The molecule has 31 heavy (non-hydrogen) atoms. The number of guanidine groups is 1. The number of nitrogens with one attached hydrogen (secondary N) is 1. The number of aromatic nitrogens is 1. The summed E-state index contributed by atoms with van der Waals surface area (Å²) in [7, 11) is -1.75. The van der Waals surface area contributed by atoms with E-state index in [1.165, 1.54) is 16.6 Å². The van der Waals surface area contributed by atoms with Crippen LogP contribution in [0, 0.1) is 5.82 Å². The Kier molecular flexibility index (Phi) is 8.83. The monoisotopic (exact) mass is 565 g/mol. The summed E-state index contributed by atoms with van der Waals surface area (Å²) >= 11 is 0. The van der Waals surface area contributed by atoms with Crippen molar-refractivity contribution in [2.75, 3.05) is 39.8 Å². The zero-order chi connectivity index (χ0) is 21.8. The number of nitrogens with zero attached hydrogens (tertiary/aromatic N) is 4. The summed E-state index contributed by atoms with van der Waals surface area (Å²) < 4.78 is 45.0. The lowest BCUT2D eigenvalue weighted by molar-refractivity contribution is 0.258. The van der Waals surface area contributed by atoms with Gasteiger partial charge in [-0.15, -0.1) is 24.0 Å². The van der Waals surface area contributed by atoms with Crippen molar-refractivity contribution in [1.82, 2.24) is 19.7 Å². The summed E-state index contributed by atoms with van der Waals surface area (Å²) in [6.45, 7) is 6.43. The van der Waals surface area contributed by atoms with Gasteiger partial charge in [0, 0.05) is 51.3 Å². The first-order chi connectivity index (χ1) is 14.2. The highest BCUT2D eigenvalue weighted by Gasteiger charge is 2.29. The molecule has 0 amide bonds. The van der Waals surface area contributed by atoms with Crippen molar-refractivity contribution in [2.24, 2.45) is 4.99 Å². The SMILES string of the molecule is CN=C(NCC(C)(C)c1cccc(F)c1)N1CCN(S(=O)(=O)Cc2ccon2)CC1.I. The van der Waals surface area contributed by atoms with E-state index in [1.54, 1.807) is 25.2 Å². The molecule has 2 heterocycles. The average molecular weight is 565 g/mol. The van der Waals surface area contributed by atoms with E-state index >= 15 is 0 Å². The molecule has 0 bridgehead atoms. The van der Waals surface area contributed by atoms with Crippen LogP contribution in [0.1, 0.15) is 25.1 Å². The van der Waals surface area contributed by atoms with Crippen LogP contribution in [0.2, 0.25) is 0 Å². The minimum Gasteiger partial charge on any atom is -0.364 e. The predicted octanol–water partition coefficient (Wildman–Crippen LogP) is 2.43. The van der Waals surface area contributed by atoms with Crippen LogP contribution in [-0.4, -0.2) is 68.5 Å². The van der Waals surface area contributed by atoms with Crippen molar-refractivity contribution in [3.05, 3.63) is 53.7 Å². The first-order valence-electron chi connectivity index (χ1n) is 9.80. The van der Waals surface area contributed by atoms with Crippen molar-refractivity contribution in [1.29, 1.82) is 0 Å². The van der Waals surface area contributed by atoms with Gasteiger partial charge in [-0.25, -0.2) is 12.8 Å². The van der Waals surface area contributed by atoms with Crippen molar-refractivity contribution in [3.8, 4) is 0 Å². The molecule has 0 spiro atoms. The number of sulfonamides is 1. The molecule has 8 nitrogen and oxygen atoms in total. The molecule has 1 saturated heterocycles. The molecule has 1 N–H and O–H groups in total. The summed E-state index contributed by atoms with van der Waals surface area (Å²) in [6.07, 6.45) is 1.36. The lowest BCUT2D eigenvalue weighted by Crippen LogP contribution is -2.55. The molecule has 172 valence electrons. The van der Waals surface area contributed by atoms with E-state index in [0.717, 1.165) is 5.56 Å². The largest absolute Gasteiger partial charge is 0.364 e. The fraction of sp³-hybridized carbons (Fsp3) is 0.500. The molecular formula is C20H29FIN5O3S. The normalized spacial score (nSPS) is 16.1. The van der Waals surface area contributed by atoms with Crippen LogP contribution >= 0.6 is 24.0 Å². The molecular weight excluding hydrogens is 536 g/mol. The van der Waals surface area contributed by atoms with E-state index in [2.05, 4.69) is 15.5 Å². The van der Waals surface area contributed by atoms with Gasteiger partial charge in [0.25, 0.3) is 0 Å². The third-order valence-electron chi connectivity index (χ3n) is 5.26. The Labute approximate surface area is 199 Å². The molecule has 0 aliphatic carbocycles. The summed E-state index contributed by atoms with van der Waals surface area (Å²) in [4.78, 5) is 6.37. The molecule has 1 aliphatic heterocycles. The molecule has 3 rings (SSSR count). The van der Waals surface area contributed by atoms with E-state index in [-0.39, 0.29) is 41.0 Å². The minimum atomic E-state index is -3.45. The van der Waals surface area contributed by atoms with Gasteiger partial charge in [-0.05, 0) is 17.7 Å². The van der Waals surface area contributed by atoms with Gasteiger partial charge in [-0.3, -0.25) is 4.99 Å². The maximum Gasteiger partial charge on any atom is 0.220 e. The Hall–Kier alpha value is -1.73. The lowest BCUT2D eigenvalue weighted by Gasteiger charge is -2.37. The Bertz CT molecular complexity index is 974. The lowest BCUT2D eigenvalue weighted by atomic mass is 9.84. The van der Waals surface area contributed by atoms with Crippen LogP contribution in [0.5, 0.6) is 0 Å². The molecule has 1 aliphatic rings. The van der Waals surface area contributed by atoms with Gasteiger partial charge in [0.1, 0.15) is 17.8 Å². The molecule has 11 heteroatoms. The molecule has 1 aromatic heterocycles. The maximum absolute atomic E-state index is 13.6. The number of halogens is 2. The highest BCUT2D eigenvalue weighted by Crippen LogP contribution is 2.23. The maximum atomic E-state index is 13.6. The molecule has 1 fully saturated rings. The number of hydrogen-bond acceptors (Lipinski definition) is 5. The van der Waals surface area contributed by atoms with E-state index in [9.17, 15) is 12.8 Å². The van der Waals surface area contributed by atoms with E-state index in [4.69, 9.17) is 4.52 Å². The van der Waals surface area contributed by atoms with Gasteiger partial charge in [0.15, 0.2) is 5.96 Å². The molecule has 0 atom stereocenters. The van der Waals surface area contributed by atoms with Crippen molar-refractivity contribution in [3.63, 3.8) is 0 Å². The second-order valence-corrected chi connectivity index (χ2v) is 9.90. The van der Waals surface area contributed by atoms with Crippen molar-refractivity contribution in [2.45, 2.75) is 25.0 Å². The fourth-order valence-corrected chi connectivity index (χ4v) is 4.84. The molecule has 0 unspecified atom stereocenters. The number of aliphatic imine (C=N–C) groups is 1. The molecule has 0 saturated carbocycles. The zero-order valence-electron chi connectivity index (χ0n) is 17.9. The van der Waals surface area contributed by atoms with Crippen LogP contribution in [0.4, 0.5) is 4.39 Å². The topological polar surface area (TPSA) is 91.0 Å². The smallest absolute Gasteiger partial charge is 0.220 e. The second kappa shape index (κ2) is 10.7. The highest BCUT2D eigenvalue weighted by molar-refractivity contribution is 14.0. The first-order valence-corrected chi connectivity index (χ1v) is 11.4. The Balaban J connectivity index is 0.00000341. The summed E-state index contributed by atoms with van der Waals surface area (Å²) in [5.41, 5.74) is 0.990. The molecule has 2 aromatic rings. The summed E-state index contributed by atoms with van der Waals surface area (Å²) in [6, 6.07) is 8.15. The van der Waals surface area contributed by atoms with Gasteiger partial charge in [-0.1, -0.05) is 31.1 Å². The summed E-state index contributed by atoms with van der Waals surface area (Å²) in [5.74, 6) is 0.277. The van der Waals surface area contributed by atoms with Gasteiger partial charge in [0.05, 0.1) is 5.69 Å². The summed E-state index contributed by atoms with van der Waals surface area (Å²) in [5, 5.41) is 7.04. The van der Waals surface area contributed by atoms with Crippen molar-refractivity contribution < 1.29 is 17.3 Å². The molecule has 0 radical (unpaired) electrons. The van der Waals surface area contributed by atoms with E-state index in [1.807, 2.05) is 24.8 Å². The zero-order valence-corrected chi connectivity index (χ0v) is 21.1. The predicted molar refractivity (Wildman–Crippen MR) is 128 cm³/mol. The van der Waals surface area contributed by atoms with E-state index in [0.29, 0.717) is 44.4 Å². The van der Waals surface area contributed by atoms with Gasteiger partial charge < -0.3 is 14.7 Å². The third kappa shape index (κ3) is 6.62. The number of benzene rings is 1. The number of piperazine rings is 1. The highest BCUT2D eigenvalue weighted by atomic mass is 127. The number of rotatable bonds is 6. The molecule has 1 aromatic carbocycles. The van der Waals surface area contributed by atoms with Crippen LogP contribution < -0.4 is 5.32 Å². The standard InChI is InChI=1S/C20H28FN5O3S.HI/c1-20(2,16-5-4-6-17(21)13-16)15-23-19(22-3)25-8-10-26(11-9-25)30(27,28)14-18-7-12-29-24-18;/h4-7,12-13H,8-11,14-15H2,1-3H3,(H,22,23);1H. The third-order valence-corrected chi connectivity index (χ3v) is 7.07. The van der Waals surface area contributed by atoms with Crippen molar-refractivity contribution >= 4 is 40.0 Å². The quantitative estimate of drug-likeness (QED) is 0.329. The van der Waals surface area contributed by atoms with Crippen LogP contribution in [0.15, 0.2) is 46.1 Å². The van der Waals surface area contributed by atoms with Crippen LogP contribution in [0.3, 0.4) is 0 Å². The Morgan fingerprint density at radius 3 is 2.55 bits per heavy atom. The first kappa shape index (κ1) is 25.5.